The predicted octanol–water partition coefficient (Wildman–Crippen LogP) is 4.87. The fourth-order valence-electron chi connectivity index (χ4n) is 4.60. The zero-order valence-electron chi connectivity index (χ0n) is 21.0. The highest BCUT2D eigenvalue weighted by molar-refractivity contribution is 7.80. The van der Waals surface area contributed by atoms with E-state index in [-0.39, 0.29) is 23.9 Å². The molecule has 1 saturated carbocycles. The molecule has 0 bridgehead atoms. The normalized spacial score (nSPS) is 17.6. The summed E-state index contributed by atoms with van der Waals surface area (Å²) in [7, 11) is -0.909. The van der Waals surface area contributed by atoms with Crippen molar-refractivity contribution in [3.63, 3.8) is 0 Å². The SMILES string of the molecule is CC(C)COC(=O)NC1CCCCC1NC(=O)c1ccccc1P(c1ccccc1)c1ccccc1. The number of hydrogen-bond donors (Lipinski definition) is 2. The molecule has 6 heteroatoms. The van der Waals surface area contributed by atoms with Gasteiger partial charge in [0.05, 0.1) is 12.6 Å². The molecule has 2 amide bonds. The highest BCUT2D eigenvalue weighted by atomic mass is 31.1. The van der Waals surface area contributed by atoms with Gasteiger partial charge < -0.3 is 15.4 Å². The van der Waals surface area contributed by atoms with Crippen LogP contribution in [0.4, 0.5) is 4.79 Å². The number of benzene rings is 3. The summed E-state index contributed by atoms with van der Waals surface area (Å²) >= 11 is 0. The Labute approximate surface area is 215 Å². The van der Waals surface area contributed by atoms with E-state index in [0.717, 1.165) is 31.0 Å². The van der Waals surface area contributed by atoms with Crippen LogP contribution in [0.5, 0.6) is 0 Å². The summed E-state index contributed by atoms with van der Waals surface area (Å²) in [6, 6.07) is 28.4. The first-order valence-corrected chi connectivity index (χ1v) is 14.1. The molecule has 2 N–H and O–H groups in total. The summed E-state index contributed by atoms with van der Waals surface area (Å²) in [5.41, 5.74) is 0.683. The van der Waals surface area contributed by atoms with Gasteiger partial charge in [-0.25, -0.2) is 4.79 Å². The third kappa shape index (κ3) is 6.73. The molecular weight excluding hydrogens is 467 g/mol. The van der Waals surface area contributed by atoms with Crippen LogP contribution < -0.4 is 26.5 Å². The van der Waals surface area contributed by atoms with E-state index in [9.17, 15) is 9.59 Å². The first-order valence-electron chi connectivity index (χ1n) is 12.8. The molecule has 0 spiro atoms. The van der Waals surface area contributed by atoms with E-state index in [4.69, 9.17) is 4.74 Å². The predicted molar refractivity (Wildman–Crippen MR) is 148 cm³/mol. The van der Waals surface area contributed by atoms with Crippen molar-refractivity contribution in [1.29, 1.82) is 0 Å². The van der Waals surface area contributed by atoms with Crippen molar-refractivity contribution in [2.45, 2.75) is 51.6 Å². The Morgan fingerprint density at radius 3 is 1.92 bits per heavy atom. The Hall–Kier alpha value is -3.17. The van der Waals surface area contributed by atoms with Crippen LogP contribution in [0.25, 0.3) is 0 Å². The second-order valence-electron chi connectivity index (χ2n) is 9.63. The monoisotopic (exact) mass is 502 g/mol. The lowest BCUT2D eigenvalue weighted by Crippen LogP contribution is -2.53. The van der Waals surface area contributed by atoms with Crippen molar-refractivity contribution in [3.8, 4) is 0 Å². The minimum Gasteiger partial charge on any atom is -0.449 e. The average molecular weight is 503 g/mol. The van der Waals surface area contributed by atoms with Gasteiger partial charge in [-0.15, -0.1) is 0 Å². The molecule has 1 fully saturated rings. The third-order valence-corrected chi connectivity index (χ3v) is 8.85. The van der Waals surface area contributed by atoms with Crippen molar-refractivity contribution in [1.82, 2.24) is 10.6 Å². The van der Waals surface area contributed by atoms with Crippen molar-refractivity contribution in [2.24, 2.45) is 5.92 Å². The Kier molecular flexibility index (Phi) is 9.13. The van der Waals surface area contributed by atoms with Gasteiger partial charge in [0.25, 0.3) is 5.91 Å². The molecule has 0 aliphatic heterocycles. The summed E-state index contributed by atoms with van der Waals surface area (Å²) in [6.07, 6.45) is 3.28. The van der Waals surface area contributed by atoms with Crippen LogP contribution in [0.15, 0.2) is 84.9 Å². The fraction of sp³-hybridized carbons (Fsp3) is 0.333. The van der Waals surface area contributed by atoms with E-state index in [1.165, 1.54) is 10.6 Å². The van der Waals surface area contributed by atoms with Gasteiger partial charge in [0.15, 0.2) is 0 Å². The molecule has 3 aromatic rings. The van der Waals surface area contributed by atoms with E-state index in [1.54, 1.807) is 0 Å². The van der Waals surface area contributed by atoms with Crippen LogP contribution >= 0.6 is 7.92 Å². The van der Waals surface area contributed by atoms with Gasteiger partial charge in [0.2, 0.25) is 0 Å². The van der Waals surface area contributed by atoms with Gasteiger partial charge in [-0.3, -0.25) is 4.79 Å². The van der Waals surface area contributed by atoms with Crippen LogP contribution in [0.2, 0.25) is 0 Å². The quantitative estimate of drug-likeness (QED) is 0.432. The minimum atomic E-state index is -0.909. The maximum atomic E-state index is 13.7. The molecule has 5 nitrogen and oxygen atoms in total. The van der Waals surface area contributed by atoms with E-state index in [2.05, 4.69) is 41.0 Å². The highest BCUT2D eigenvalue weighted by Gasteiger charge is 2.30. The summed E-state index contributed by atoms with van der Waals surface area (Å²) in [4.78, 5) is 26.0. The van der Waals surface area contributed by atoms with Crippen molar-refractivity contribution in [2.75, 3.05) is 6.61 Å². The molecule has 188 valence electrons. The Balaban J connectivity index is 1.58. The van der Waals surface area contributed by atoms with Crippen LogP contribution in [-0.2, 0) is 4.74 Å². The van der Waals surface area contributed by atoms with Crippen molar-refractivity contribution < 1.29 is 14.3 Å². The number of nitrogens with one attached hydrogen (secondary N) is 2. The topological polar surface area (TPSA) is 67.4 Å². The van der Waals surface area contributed by atoms with E-state index < -0.39 is 14.0 Å². The van der Waals surface area contributed by atoms with Crippen LogP contribution in [0.3, 0.4) is 0 Å². The zero-order valence-corrected chi connectivity index (χ0v) is 21.9. The van der Waals surface area contributed by atoms with Gasteiger partial charge >= 0.3 is 6.09 Å². The fourth-order valence-corrected chi connectivity index (χ4v) is 7.05. The average Bonchev–Trinajstić information content (AvgIpc) is 2.90. The summed E-state index contributed by atoms with van der Waals surface area (Å²) in [5, 5.41) is 9.68. The largest absolute Gasteiger partial charge is 0.449 e. The van der Waals surface area contributed by atoms with Crippen LogP contribution in [0, 0.1) is 5.92 Å². The Morgan fingerprint density at radius 1 is 0.806 bits per heavy atom. The number of alkyl carbamates (subject to hydrolysis) is 1. The lowest BCUT2D eigenvalue weighted by Gasteiger charge is -2.33. The number of carbonyl (C=O) groups is 2. The van der Waals surface area contributed by atoms with E-state index in [0.29, 0.717) is 12.2 Å². The van der Waals surface area contributed by atoms with Crippen molar-refractivity contribution >= 4 is 35.8 Å². The molecule has 0 aromatic heterocycles. The molecule has 1 aliphatic carbocycles. The van der Waals surface area contributed by atoms with Crippen LogP contribution in [-0.4, -0.2) is 30.7 Å². The van der Waals surface area contributed by atoms with Gasteiger partial charge in [-0.2, -0.15) is 0 Å². The number of carbonyl (C=O) groups excluding carboxylic acids is 2. The highest BCUT2D eigenvalue weighted by Crippen LogP contribution is 2.34. The molecular formula is C30H35N2O3P. The number of rotatable bonds is 8. The van der Waals surface area contributed by atoms with Gasteiger partial charge in [0, 0.05) is 11.6 Å². The van der Waals surface area contributed by atoms with Crippen LogP contribution in [0.1, 0.15) is 49.9 Å². The lowest BCUT2D eigenvalue weighted by molar-refractivity contribution is 0.0903. The first kappa shape index (κ1) is 25.9. The third-order valence-electron chi connectivity index (χ3n) is 6.35. The number of amides is 2. The van der Waals surface area contributed by atoms with Gasteiger partial charge in [0.1, 0.15) is 0 Å². The van der Waals surface area contributed by atoms with E-state index >= 15 is 0 Å². The Morgan fingerprint density at radius 2 is 1.33 bits per heavy atom. The second kappa shape index (κ2) is 12.7. The summed E-state index contributed by atoms with van der Waals surface area (Å²) in [5.74, 6) is 0.178. The number of ether oxygens (including phenoxy) is 1. The summed E-state index contributed by atoms with van der Waals surface area (Å²) < 4.78 is 5.33. The molecule has 3 aromatic carbocycles. The molecule has 0 radical (unpaired) electrons. The van der Waals surface area contributed by atoms with Gasteiger partial charge in [-0.1, -0.05) is 106 Å². The molecule has 4 rings (SSSR count). The molecule has 2 unspecified atom stereocenters. The summed E-state index contributed by atoms with van der Waals surface area (Å²) in [6.45, 7) is 4.40. The van der Waals surface area contributed by atoms with E-state index in [1.807, 2.05) is 68.4 Å². The minimum absolute atomic E-state index is 0.0980. The smallest absolute Gasteiger partial charge is 0.407 e. The first-order chi connectivity index (χ1) is 17.5. The zero-order chi connectivity index (χ0) is 25.3. The number of hydrogen-bond acceptors (Lipinski definition) is 3. The Bertz CT molecular complexity index is 1100. The molecule has 2 atom stereocenters. The van der Waals surface area contributed by atoms with Gasteiger partial charge in [-0.05, 0) is 48.7 Å². The maximum Gasteiger partial charge on any atom is 0.407 e. The molecule has 1 aliphatic rings. The second-order valence-corrected chi connectivity index (χ2v) is 11.8. The molecule has 0 heterocycles. The molecule has 0 saturated heterocycles. The lowest BCUT2D eigenvalue weighted by atomic mass is 9.90. The molecule has 36 heavy (non-hydrogen) atoms. The standard InChI is InChI=1S/C30H35N2O3P/c1-22(2)21-35-30(34)32-27-19-11-10-18-26(27)31-29(33)25-17-9-12-20-28(25)36(23-13-5-3-6-14-23)24-15-7-4-8-16-24/h3-9,12-17,20,22,26-27H,10-11,18-19,21H2,1-2H3,(H,31,33)(H,32,34). The maximum absolute atomic E-state index is 13.7. The van der Waals surface area contributed by atoms with Crippen molar-refractivity contribution in [3.05, 3.63) is 90.5 Å².